The van der Waals surface area contributed by atoms with Gasteiger partial charge in [-0.3, -0.25) is 0 Å². The average molecular weight is 421 g/mol. The van der Waals surface area contributed by atoms with Crippen LogP contribution in [0.25, 0.3) is 5.69 Å². The van der Waals surface area contributed by atoms with Crippen molar-refractivity contribution in [2.75, 3.05) is 31.2 Å². The predicted octanol–water partition coefficient (Wildman–Crippen LogP) is 2.72. The normalized spacial score (nSPS) is 13.8. The molecule has 8 heteroatoms. The number of benzene rings is 1. The highest BCUT2D eigenvalue weighted by Gasteiger charge is 2.17. The first-order chi connectivity index (χ1) is 15.1. The lowest BCUT2D eigenvalue weighted by Crippen LogP contribution is -2.38. The summed E-state index contributed by atoms with van der Waals surface area (Å²) < 4.78 is 7.34. The maximum Gasteiger partial charge on any atom is 0.315 e. The lowest BCUT2D eigenvalue weighted by atomic mass is 10.2. The summed E-state index contributed by atoms with van der Waals surface area (Å²) in [5.74, 6) is 0.905. The highest BCUT2D eigenvalue weighted by molar-refractivity contribution is 5.74. The molecule has 3 heterocycles. The first-order valence-corrected chi connectivity index (χ1v) is 10.5. The number of aromatic nitrogens is 3. The van der Waals surface area contributed by atoms with Gasteiger partial charge in [0.25, 0.3) is 0 Å². The zero-order chi connectivity index (χ0) is 21.6. The number of nitrogens with one attached hydrogen (secondary N) is 2. The number of rotatable bonds is 6. The molecule has 1 aliphatic rings. The summed E-state index contributed by atoms with van der Waals surface area (Å²) in [5.41, 5.74) is 4.94. The van der Waals surface area contributed by atoms with Crippen LogP contribution in [-0.2, 0) is 17.8 Å². The van der Waals surface area contributed by atoms with Gasteiger partial charge in [-0.05, 0) is 32.0 Å². The average Bonchev–Trinajstić information content (AvgIpc) is 3.11. The van der Waals surface area contributed by atoms with Crippen LogP contribution >= 0.6 is 0 Å². The quantitative estimate of drug-likeness (QED) is 0.641. The van der Waals surface area contributed by atoms with E-state index in [0.717, 1.165) is 47.1 Å². The highest BCUT2D eigenvalue weighted by atomic mass is 16.5. The van der Waals surface area contributed by atoms with Gasteiger partial charge < -0.3 is 20.3 Å². The number of pyridine rings is 1. The number of ether oxygens (including phenoxy) is 1. The van der Waals surface area contributed by atoms with E-state index in [2.05, 4.69) is 25.6 Å². The molecule has 1 aromatic carbocycles. The summed E-state index contributed by atoms with van der Waals surface area (Å²) in [4.78, 5) is 19.2. The zero-order valence-corrected chi connectivity index (χ0v) is 18.0. The van der Waals surface area contributed by atoms with E-state index >= 15 is 0 Å². The second-order valence-electron chi connectivity index (χ2n) is 7.52. The lowest BCUT2D eigenvalue weighted by molar-refractivity contribution is 0.122. The Morgan fingerprint density at radius 1 is 1.03 bits per heavy atom. The number of amides is 2. The number of morpholine rings is 1. The maximum absolute atomic E-state index is 12.5. The molecule has 2 N–H and O–H groups in total. The van der Waals surface area contributed by atoms with E-state index in [-0.39, 0.29) is 6.03 Å². The fraction of sp³-hybridized carbons (Fsp3) is 0.348. The molecular weight excluding hydrogens is 392 g/mol. The van der Waals surface area contributed by atoms with E-state index in [1.807, 2.05) is 61.0 Å². The molecule has 1 saturated heterocycles. The number of carbonyl (C=O) groups excluding carboxylic acids is 1. The van der Waals surface area contributed by atoms with Gasteiger partial charge in [-0.15, -0.1) is 0 Å². The highest BCUT2D eigenvalue weighted by Crippen LogP contribution is 2.19. The smallest absolute Gasteiger partial charge is 0.315 e. The molecule has 8 nitrogen and oxygen atoms in total. The molecule has 1 aliphatic heterocycles. The van der Waals surface area contributed by atoms with Gasteiger partial charge >= 0.3 is 6.03 Å². The third-order valence-corrected chi connectivity index (χ3v) is 5.49. The van der Waals surface area contributed by atoms with Crippen LogP contribution in [0, 0.1) is 13.8 Å². The third-order valence-electron chi connectivity index (χ3n) is 5.49. The molecule has 2 amide bonds. The van der Waals surface area contributed by atoms with Crippen molar-refractivity contribution >= 4 is 11.8 Å². The SMILES string of the molecule is Cc1nn(-c2ccccc2)c(C)c1CNC(=O)NCc1cccnc1N1CCOCC1. The Bertz CT molecular complexity index is 1030. The fourth-order valence-electron chi connectivity index (χ4n) is 3.79. The number of hydrogen-bond donors (Lipinski definition) is 2. The summed E-state index contributed by atoms with van der Waals surface area (Å²) in [6.45, 7) is 7.81. The minimum absolute atomic E-state index is 0.219. The Hall–Kier alpha value is -3.39. The molecule has 0 radical (unpaired) electrons. The molecule has 1 fully saturated rings. The molecule has 0 bridgehead atoms. The predicted molar refractivity (Wildman–Crippen MR) is 119 cm³/mol. The molecule has 3 aromatic rings. The third kappa shape index (κ3) is 4.86. The minimum atomic E-state index is -0.219. The Balaban J connectivity index is 1.36. The van der Waals surface area contributed by atoms with E-state index in [4.69, 9.17) is 4.74 Å². The molecule has 0 atom stereocenters. The molecular formula is C23H28N6O2. The molecule has 31 heavy (non-hydrogen) atoms. The van der Waals surface area contributed by atoms with Gasteiger partial charge in [0.15, 0.2) is 0 Å². The molecule has 0 saturated carbocycles. The molecule has 0 spiro atoms. The van der Waals surface area contributed by atoms with Gasteiger partial charge in [0.05, 0.1) is 24.6 Å². The van der Waals surface area contributed by atoms with Crippen molar-refractivity contribution in [1.82, 2.24) is 25.4 Å². The van der Waals surface area contributed by atoms with Crippen LogP contribution in [0.1, 0.15) is 22.5 Å². The van der Waals surface area contributed by atoms with Crippen LogP contribution in [-0.4, -0.2) is 47.1 Å². The fourth-order valence-corrected chi connectivity index (χ4v) is 3.79. The van der Waals surface area contributed by atoms with E-state index < -0.39 is 0 Å². The lowest BCUT2D eigenvalue weighted by Gasteiger charge is -2.29. The summed E-state index contributed by atoms with van der Waals surface area (Å²) in [6, 6.07) is 13.7. The van der Waals surface area contributed by atoms with Gasteiger partial charge in [0, 0.05) is 49.2 Å². The molecule has 4 rings (SSSR count). The largest absolute Gasteiger partial charge is 0.378 e. The summed E-state index contributed by atoms with van der Waals surface area (Å²) in [5, 5.41) is 10.5. The van der Waals surface area contributed by atoms with Crippen molar-refractivity contribution in [2.45, 2.75) is 26.9 Å². The van der Waals surface area contributed by atoms with Gasteiger partial charge in [0.2, 0.25) is 0 Å². The number of aryl methyl sites for hydroxylation is 1. The summed E-state index contributed by atoms with van der Waals surface area (Å²) >= 11 is 0. The molecule has 0 unspecified atom stereocenters. The van der Waals surface area contributed by atoms with Crippen molar-refractivity contribution in [3.63, 3.8) is 0 Å². The first-order valence-electron chi connectivity index (χ1n) is 10.5. The number of carbonyl (C=O) groups is 1. The van der Waals surface area contributed by atoms with Crippen molar-refractivity contribution < 1.29 is 9.53 Å². The minimum Gasteiger partial charge on any atom is -0.378 e. The number of para-hydroxylation sites is 1. The zero-order valence-electron chi connectivity index (χ0n) is 18.0. The van der Waals surface area contributed by atoms with Crippen molar-refractivity contribution in [1.29, 1.82) is 0 Å². The van der Waals surface area contributed by atoms with Crippen molar-refractivity contribution in [2.24, 2.45) is 0 Å². The van der Waals surface area contributed by atoms with Crippen LogP contribution in [0.3, 0.4) is 0 Å². The van der Waals surface area contributed by atoms with Crippen LogP contribution < -0.4 is 15.5 Å². The number of hydrogen-bond acceptors (Lipinski definition) is 5. The summed E-state index contributed by atoms with van der Waals surface area (Å²) in [6.07, 6.45) is 1.78. The Morgan fingerprint density at radius 3 is 2.55 bits per heavy atom. The standard InChI is InChI=1S/C23H28N6O2/c1-17-21(18(2)29(27-17)20-8-4-3-5-9-20)16-26-23(30)25-15-19-7-6-10-24-22(19)28-11-13-31-14-12-28/h3-10H,11-16H2,1-2H3,(H2,25,26,30). The Kier molecular flexibility index (Phi) is 6.47. The number of nitrogens with zero attached hydrogens (tertiary/aromatic N) is 4. The van der Waals surface area contributed by atoms with E-state index in [9.17, 15) is 4.79 Å². The van der Waals surface area contributed by atoms with E-state index in [1.54, 1.807) is 6.20 Å². The van der Waals surface area contributed by atoms with E-state index in [0.29, 0.717) is 26.3 Å². The molecule has 162 valence electrons. The van der Waals surface area contributed by atoms with Gasteiger partial charge in [0.1, 0.15) is 5.82 Å². The van der Waals surface area contributed by atoms with Crippen LogP contribution in [0.5, 0.6) is 0 Å². The van der Waals surface area contributed by atoms with Gasteiger partial charge in [-0.25, -0.2) is 14.5 Å². The topological polar surface area (TPSA) is 84.3 Å². The van der Waals surface area contributed by atoms with E-state index in [1.165, 1.54) is 0 Å². The molecule has 0 aliphatic carbocycles. The van der Waals surface area contributed by atoms with Crippen LogP contribution in [0.2, 0.25) is 0 Å². The number of anilines is 1. The maximum atomic E-state index is 12.5. The van der Waals surface area contributed by atoms with Crippen LogP contribution in [0.4, 0.5) is 10.6 Å². The summed E-state index contributed by atoms with van der Waals surface area (Å²) in [7, 11) is 0. The van der Waals surface area contributed by atoms with Gasteiger partial charge in [-0.1, -0.05) is 24.3 Å². The molecule has 2 aromatic heterocycles. The number of urea groups is 1. The Labute approximate surface area is 182 Å². The van der Waals surface area contributed by atoms with Gasteiger partial charge in [-0.2, -0.15) is 5.10 Å². The monoisotopic (exact) mass is 420 g/mol. The Morgan fingerprint density at radius 2 is 1.77 bits per heavy atom. The second kappa shape index (κ2) is 9.61. The second-order valence-corrected chi connectivity index (χ2v) is 7.52. The van der Waals surface area contributed by atoms with Crippen LogP contribution in [0.15, 0.2) is 48.7 Å². The van der Waals surface area contributed by atoms with Crippen molar-refractivity contribution in [3.8, 4) is 5.69 Å². The first kappa shape index (κ1) is 20.9. The van der Waals surface area contributed by atoms with Crippen molar-refractivity contribution in [3.05, 3.63) is 71.2 Å².